The summed E-state index contributed by atoms with van der Waals surface area (Å²) in [5.74, 6) is -0.941. The molecule has 5 nitrogen and oxygen atoms in total. The van der Waals surface area contributed by atoms with Crippen molar-refractivity contribution in [3.8, 4) is 0 Å². The SMILES string of the molecule is O=C(O)c1ccc(CCCc2ccccc2NS(=O)(=O)/C=C/c2ccccc2)cc1. The molecule has 0 radical (unpaired) electrons. The Morgan fingerprint density at radius 1 is 0.867 bits per heavy atom. The number of nitrogens with one attached hydrogen (secondary N) is 1. The molecule has 0 heterocycles. The van der Waals surface area contributed by atoms with Gasteiger partial charge >= 0.3 is 5.97 Å². The first-order valence-electron chi connectivity index (χ1n) is 9.59. The van der Waals surface area contributed by atoms with Gasteiger partial charge < -0.3 is 5.11 Å². The van der Waals surface area contributed by atoms with E-state index in [0.717, 1.165) is 29.5 Å². The van der Waals surface area contributed by atoms with E-state index in [-0.39, 0.29) is 5.56 Å². The van der Waals surface area contributed by atoms with Crippen molar-refractivity contribution in [1.82, 2.24) is 0 Å². The van der Waals surface area contributed by atoms with E-state index in [1.165, 1.54) is 5.41 Å². The van der Waals surface area contributed by atoms with Crippen molar-refractivity contribution < 1.29 is 18.3 Å². The Kier molecular flexibility index (Phi) is 7.03. The summed E-state index contributed by atoms with van der Waals surface area (Å²) in [6.45, 7) is 0. The largest absolute Gasteiger partial charge is 0.478 e. The Morgan fingerprint density at radius 3 is 2.23 bits per heavy atom. The van der Waals surface area contributed by atoms with Gasteiger partial charge in [-0.3, -0.25) is 4.72 Å². The molecule has 30 heavy (non-hydrogen) atoms. The number of hydrogen-bond acceptors (Lipinski definition) is 3. The summed E-state index contributed by atoms with van der Waals surface area (Å²) in [4.78, 5) is 10.9. The van der Waals surface area contributed by atoms with Gasteiger partial charge in [-0.15, -0.1) is 0 Å². The molecule has 3 aromatic carbocycles. The molecular weight excluding hydrogens is 398 g/mol. The average molecular weight is 422 g/mol. The summed E-state index contributed by atoms with van der Waals surface area (Å²) in [6.07, 6.45) is 3.84. The van der Waals surface area contributed by atoms with Gasteiger partial charge in [0, 0.05) is 0 Å². The standard InChI is InChI=1S/C24H23NO4S/c26-24(27)22-15-13-20(14-16-22)9-6-11-21-10-4-5-12-23(21)25-30(28,29)18-17-19-7-2-1-3-8-19/h1-5,7-8,10,12-18,25H,6,9,11H2,(H,26,27)/b18-17+. The Bertz CT molecular complexity index is 1120. The number of aromatic carboxylic acids is 1. The summed E-state index contributed by atoms with van der Waals surface area (Å²) in [6, 6.07) is 23.4. The van der Waals surface area contributed by atoms with Crippen LogP contribution < -0.4 is 4.72 Å². The molecule has 154 valence electrons. The number of carboxylic acid groups (broad SMARTS) is 1. The van der Waals surface area contributed by atoms with Gasteiger partial charge in [-0.25, -0.2) is 13.2 Å². The van der Waals surface area contributed by atoms with E-state index in [4.69, 9.17) is 5.11 Å². The van der Waals surface area contributed by atoms with Crippen molar-refractivity contribution in [3.63, 3.8) is 0 Å². The van der Waals surface area contributed by atoms with Crippen LogP contribution in [0, 0.1) is 0 Å². The number of rotatable bonds is 9. The van der Waals surface area contributed by atoms with E-state index in [1.807, 2.05) is 54.6 Å². The first kappa shape index (κ1) is 21.3. The van der Waals surface area contributed by atoms with Crippen molar-refractivity contribution in [2.75, 3.05) is 4.72 Å². The first-order chi connectivity index (χ1) is 14.4. The molecular formula is C24H23NO4S. The highest BCUT2D eigenvalue weighted by molar-refractivity contribution is 7.95. The summed E-state index contributed by atoms with van der Waals surface area (Å²) < 4.78 is 27.6. The molecule has 3 aromatic rings. The smallest absolute Gasteiger partial charge is 0.335 e. The van der Waals surface area contributed by atoms with E-state index >= 15 is 0 Å². The number of hydrogen-bond donors (Lipinski definition) is 2. The normalized spacial score (nSPS) is 11.5. The van der Waals surface area contributed by atoms with E-state index in [9.17, 15) is 13.2 Å². The molecule has 0 atom stereocenters. The summed E-state index contributed by atoms with van der Waals surface area (Å²) in [7, 11) is -3.63. The molecule has 0 aliphatic heterocycles. The van der Waals surface area contributed by atoms with Gasteiger partial charge in [0.25, 0.3) is 10.0 Å². The summed E-state index contributed by atoms with van der Waals surface area (Å²) in [5, 5.41) is 10.1. The van der Waals surface area contributed by atoms with Crippen molar-refractivity contribution in [2.24, 2.45) is 0 Å². The van der Waals surface area contributed by atoms with Crippen LogP contribution in [0.4, 0.5) is 5.69 Å². The van der Waals surface area contributed by atoms with Gasteiger partial charge in [0.05, 0.1) is 16.7 Å². The lowest BCUT2D eigenvalue weighted by Gasteiger charge is -2.11. The number of para-hydroxylation sites is 1. The van der Waals surface area contributed by atoms with Crippen LogP contribution >= 0.6 is 0 Å². The molecule has 0 fully saturated rings. The molecule has 0 unspecified atom stereocenters. The molecule has 6 heteroatoms. The molecule has 0 saturated heterocycles. The third kappa shape index (κ3) is 6.32. The van der Waals surface area contributed by atoms with Crippen LogP contribution in [0.25, 0.3) is 6.08 Å². The highest BCUT2D eigenvalue weighted by Gasteiger charge is 2.10. The Morgan fingerprint density at radius 2 is 1.53 bits per heavy atom. The molecule has 0 bridgehead atoms. The van der Waals surface area contributed by atoms with E-state index < -0.39 is 16.0 Å². The molecule has 0 amide bonds. The minimum atomic E-state index is -3.63. The van der Waals surface area contributed by atoms with Crippen LogP contribution in [0.1, 0.15) is 33.5 Å². The average Bonchev–Trinajstić information content (AvgIpc) is 2.74. The number of sulfonamides is 1. The minimum absolute atomic E-state index is 0.266. The maximum absolute atomic E-state index is 12.5. The number of carboxylic acids is 1. The number of carbonyl (C=O) groups is 1. The second kappa shape index (κ2) is 9.89. The molecule has 2 N–H and O–H groups in total. The number of aryl methyl sites for hydroxylation is 2. The van der Waals surface area contributed by atoms with Gasteiger partial charge in [0.15, 0.2) is 0 Å². The summed E-state index contributed by atoms with van der Waals surface area (Å²) >= 11 is 0. The second-order valence-corrected chi connectivity index (χ2v) is 8.44. The van der Waals surface area contributed by atoms with Crippen molar-refractivity contribution in [1.29, 1.82) is 0 Å². The van der Waals surface area contributed by atoms with Crippen LogP contribution in [0.2, 0.25) is 0 Å². The monoisotopic (exact) mass is 421 g/mol. The van der Waals surface area contributed by atoms with Crippen molar-refractivity contribution in [2.45, 2.75) is 19.3 Å². The maximum atomic E-state index is 12.5. The predicted molar refractivity (Wildman–Crippen MR) is 120 cm³/mol. The van der Waals surface area contributed by atoms with E-state index in [0.29, 0.717) is 12.1 Å². The zero-order chi connectivity index (χ0) is 21.4. The van der Waals surface area contributed by atoms with Crippen LogP contribution in [0.15, 0.2) is 84.3 Å². The van der Waals surface area contributed by atoms with Crippen LogP contribution in [-0.4, -0.2) is 19.5 Å². The lowest BCUT2D eigenvalue weighted by Crippen LogP contribution is -2.10. The third-order valence-electron chi connectivity index (χ3n) is 4.62. The molecule has 0 spiro atoms. The molecule has 0 aliphatic carbocycles. The zero-order valence-corrected chi connectivity index (χ0v) is 17.2. The first-order valence-corrected chi connectivity index (χ1v) is 11.1. The van der Waals surface area contributed by atoms with Gasteiger partial charge in [0.1, 0.15) is 0 Å². The van der Waals surface area contributed by atoms with E-state index in [2.05, 4.69) is 4.72 Å². The molecule has 0 aliphatic rings. The predicted octanol–water partition coefficient (Wildman–Crippen LogP) is 4.97. The topological polar surface area (TPSA) is 83.5 Å². The third-order valence-corrected chi connectivity index (χ3v) is 5.62. The lowest BCUT2D eigenvalue weighted by atomic mass is 10.0. The van der Waals surface area contributed by atoms with Gasteiger partial charge in [0.2, 0.25) is 0 Å². The van der Waals surface area contributed by atoms with Crippen LogP contribution in [-0.2, 0) is 22.9 Å². The fourth-order valence-electron chi connectivity index (χ4n) is 3.05. The highest BCUT2D eigenvalue weighted by atomic mass is 32.2. The minimum Gasteiger partial charge on any atom is -0.478 e. The Labute approximate surface area is 176 Å². The van der Waals surface area contributed by atoms with Crippen molar-refractivity contribution in [3.05, 3.63) is 107 Å². The van der Waals surface area contributed by atoms with Gasteiger partial charge in [-0.2, -0.15) is 0 Å². The quantitative estimate of drug-likeness (QED) is 0.511. The highest BCUT2D eigenvalue weighted by Crippen LogP contribution is 2.20. The zero-order valence-electron chi connectivity index (χ0n) is 16.4. The lowest BCUT2D eigenvalue weighted by molar-refractivity contribution is 0.0697. The Hall–Kier alpha value is -3.38. The second-order valence-electron chi connectivity index (χ2n) is 6.87. The number of benzene rings is 3. The van der Waals surface area contributed by atoms with E-state index in [1.54, 1.807) is 30.3 Å². The summed E-state index contributed by atoms with van der Waals surface area (Å²) in [5.41, 5.74) is 3.60. The number of anilines is 1. The molecule has 3 rings (SSSR count). The molecule has 0 saturated carbocycles. The fourth-order valence-corrected chi connectivity index (χ4v) is 3.96. The fraction of sp³-hybridized carbons (Fsp3) is 0.125. The maximum Gasteiger partial charge on any atom is 0.335 e. The Balaban J connectivity index is 1.62. The van der Waals surface area contributed by atoms with Gasteiger partial charge in [-0.05, 0) is 60.2 Å². The van der Waals surface area contributed by atoms with Gasteiger partial charge in [-0.1, -0.05) is 60.7 Å². The van der Waals surface area contributed by atoms with Crippen molar-refractivity contribution >= 4 is 27.8 Å². The van der Waals surface area contributed by atoms with Crippen LogP contribution in [0.3, 0.4) is 0 Å². The molecule has 0 aromatic heterocycles. The van der Waals surface area contributed by atoms with Crippen LogP contribution in [0.5, 0.6) is 0 Å².